The molecule has 1 aromatic carbocycles. The third-order valence-corrected chi connectivity index (χ3v) is 5.71. The molecule has 0 aromatic heterocycles. The molecule has 0 saturated heterocycles. The van der Waals surface area contributed by atoms with Crippen LogP contribution in [0.4, 0.5) is 5.69 Å². The summed E-state index contributed by atoms with van der Waals surface area (Å²) < 4.78 is 27.5. The van der Waals surface area contributed by atoms with Gasteiger partial charge in [0.05, 0.1) is 4.92 Å². The van der Waals surface area contributed by atoms with E-state index in [0.717, 1.165) is 19.3 Å². The molecule has 0 atom stereocenters. The average Bonchev–Trinajstić information content (AvgIpc) is 2.91. The molecule has 0 aliphatic heterocycles. The van der Waals surface area contributed by atoms with E-state index in [1.54, 1.807) is 0 Å². The molecule has 1 N–H and O–H groups in total. The second-order valence-electron chi connectivity index (χ2n) is 5.21. The van der Waals surface area contributed by atoms with E-state index in [1.807, 2.05) is 0 Å². The molecule has 0 amide bonds. The average molecular weight is 377 g/mol. The smallest absolute Gasteiger partial charge is 0.258 e. The molecule has 21 heavy (non-hydrogen) atoms. The SMILES string of the molecule is O=[N+]([O-])c1ccc(Br)cc1S(=O)(=O)NCCC1CCCC1. The molecule has 1 saturated carbocycles. The molecule has 1 aliphatic rings. The van der Waals surface area contributed by atoms with Gasteiger partial charge in [0.15, 0.2) is 4.90 Å². The lowest BCUT2D eigenvalue weighted by molar-refractivity contribution is -0.387. The Labute approximate surface area is 132 Å². The number of hydrogen-bond donors (Lipinski definition) is 1. The molecular formula is C13H17BrN2O4S. The zero-order valence-corrected chi connectivity index (χ0v) is 13.8. The number of nitrogens with zero attached hydrogens (tertiary/aromatic N) is 1. The van der Waals surface area contributed by atoms with Gasteiger partial charge in [-0.25, -0.2) is 13.1 Å². The predicted molar refractivity (Wildman–Crippen MR) is 82.6 cm³/mol. The number of rotatable bonds is 6. The van der Waals surface area contributed by atoms with Gasteiger partial charge in [-0.1, -0.05) is 41.6 Å². The molecule has 1 fully saturated rings. The van der Waals surface area contributed by atoms with Gasteiger partial charge < -0.3 is 0 Å². The minimum absolute atomic E-state index is 0.298. The van der Waals surface area contributed by atoms with Crippen molar-refractivity contribution in [2.75, 3.05) is 6.54 Å². The van der Waals surface area contributed by atoms with Gasteiger partial charge in [0.25, 0.3) is 5.69 Å². The van der Waals surface area contributed by atoms with Crippen LogP contribution in [0, 0.1) is 16.0 Å². The highest BCUT2D eigenvalue weighted by Gasteiger charge is 2.26. The minimum Gasteiger partial charge on any atom is -0.258 e. The fourth-order valence-electron chi connectivity index (χ4n) is 2.63. The van der Waals surface area contributed by atoms with Gasteiger partial charge in [-0.3, -0.25) is 10.1 Å². The molecule has 0 bridgehead atoms. The van der Waals surface area contributed by atoms with E-state index in [1.165, 1.54) is 31.0 Å². The van der Waals surface area contributed by atoms with Crippen LogP contribution in [0.2, 0.25) is 0 Å². The Bertz CT molecular complexity index is 627. The summed E-state index contributed by atoms with van der Waals surface area (Å²) in [4.78, 5) is 9.98. The standard InChI is InChI=1S/C13H17BrN2O4S/c14-11-5-6-12(16(17)18)13(9-11)21(19,20)15-8-7-10-3-1-2-4-10/h5-6,9-10,15H,1-4,7-8H2. The number of benzene rings is 1. The Kier molecular flexibility index (Phi) is 5.34. The quantitative estimate of drug-likeness (QED) is 0.609. The lowest BCUT2D eigenvalue weighted by atomic mass is 10.1. The van der Waals surface area contributed by atoms with Gasteiger partial charge in [-0.15, -0.1) is 0 Å². The van der Waals surface area contributed by atoms with Crippen molar-refractivity contribution in [1.29, 1.82) is 0 Å². The van der Waals surface area contributed by atoms with E-state index in [9.17, 15) is 18.5 Å². The molecule has 6 nitrogen and oxygen atoms in total. The highest BCUT2D eigenvalue weighted by Crippen LogP contribution is 2.29. The van der Waals surface area contributed by atoms with E-state index in [4.69, 9.17) is 0 Å². The molecule has 0 spiro atoms. The summed E-state index contributed by atoms with van der Waals surface area (Å²) in [6, 6.07) is 3.90. The van der Waals surface area contributed by atoms with Crippen molar-refractivity contribution < 1.29 is 13.3 Å². The first kappa shape index (κ1) is 16.4. The number of halogens is 1. The van der Waals surface area contributed by atoms with Crippen molar-refractivity contribution in [2.45, 2.75) is 37.0 Å². The van der Waals surface area contributed by atoms with Crippen molar-refractivity contribution in [3.63, 3.8) is 0 Å². The summed E-state index contributed by atoms with van der Waals surface area (Å²) in [6.07, 6.45) is 5.46. The topological polar surface area (TPSA) is 89.3 Å². The highest BCUT2D eigenvalue weighted by molar-refractivity contribution is 9.10. The molecule has 0 radical (unpaired) electrons. The monoisotopic (exact) mass is 376 g/mol. The van der Waals surface area contributed by atoms with Gasteiger partial charge >= 0.3 is 0 Å². The summed E-state index contributed by atoms with van der Waals surface area (Å²) >= 11 is 3.15. The second-order valence-corrected chi connectivity index (χ2v) is 7.86. The molecular weight excluding hydrogens is 360 g/mol. The van der Waals surface area contributed by atoms with E-state index in [0.29, 0.717) is 16.9 Å². The van der Waals surface area contributed by atoms with Crippen LogP contribution in [0.25, 0.3) is 0 Å². The maximum absolute atomic E-state index is 12.2. The van der Waals surface area contributed by atoms with Crippen molar-refractivity contribution in [2.24, 2.45) is 5.92 Å². The summed E-state index contributed by atoms with van der Waals surface area (Å²) in [7, 11) is -3.87. The number of hydrogen-bond acceptors (Lipinski definition) is 4. The van der Waals surface area contributed by atoms with E-state index >= 15 is 0 Å². The third kappa shape index (κ3) is 4.24. The molecule has 0 unspecified atom stereocenters. The molecule has 116 valence electrons. The number of nitro benzene ring substituents is 1. The van der Waals surface area contributed by atoms with Crippen molar-refractivity contribution >= 4 is 31.6 Å². The van der Waals surface area contributed by atoms with Gasteiger partial charge in [-0.2, -0.15) is 0 Å². The third-order valence-electron chi connectivity index (χ3n) is 3.73. The van der Waals surface area contributed by atoms with Crippen molar-refractivity contribution in [3.05, 3.63) is 32.8 Å². The zero-order chi connectivity index (χ0) is 15.5. The highest BCUT2D eigenvalue weighted by atomic mass is 79.9. The van der Waals surface area contributed by atoms with Gasteiger partial charge in [0, 0.05) is 17.1 Å². The minimum atomic E-state index is -3.87. The zero-order valence-electron chi connectivity index (χ0n) is 11.4. The fourth-order valence-corrected chi connectivity index (χ4v) is 4.38. The molecule has 8 heteroatoms. The van der Waals surface area contributed by atoms with E-state index < -0.39 is 20.6 Å². The van der Waals surface area contributed by atoms with Crippen molar-refractivity contribution in [1.82, 2.24) is 4.72 Å². The van der Waals surface area contributed by atoms with Crippen LogP contribution < -0.4 is 4.72 Å². The van der Waals surface area contributed by atoms with Crippen molar-refractivity contribution in [3.8, 4) is 0 Å². The first-order chi connectivity index (χ1) is 9.90. The summed E-state index contributed by atoms with van der Waals surface area (Å²) in [6.45, 7) is 0.316. The summed E-state index contributed by atoms with van der Waals surface area (Å²) in [5, 5.41) is 11.0. The molecule has 0 heterocycles. The van der Waals surface area contributed by atoms with Gasteiger partial charge in [-0.05, 0) is 24.5 Å². The Morgan fingerprint density at radius 1 is 1.33 bits per heavy atom. The summed E-state index contributed by atoms with van der Waals surface area (Å²) in [5.74, 6) is 0.560. The fraction of sp³-hybridized carbons (Fsp3) is 0.538. The lowest BCUT2D eigenvalue weighted by Gasteiger charge is -2.11. The largest absolute Gasteiger partial charge is 0.289 e. The first-order valence-electron chi connectivity index (χ1n) is 6.84. The van der Waals surface area contributed by atoms with Crippen LogP contribution in [-0.4, -0.2) is 19.9 Å². The Morgan fingerprint density at radius 2 is 2.00 bits per heavy atom. The van der Waals surface area contributed by atoms with Crippen LogP contribution >= 0.6 is 15.9 Å². The van der Waals surface area contributed by atoms with E-state index in [2.05, 4.69) is 20.7 Å². The van der Waals surface area contributed by atoms with Crippen LogP contribution in [0.5, 0.6) is 0 Å². The number of nitro groups is 1. The Balaban J connectivity index is 2.11. The predicted octanol–water partition coefficient (Wildman–Crippen LogP) is 3.22. The van der Waals surface area contributed by atoms with Crippen LogP contribution in [0.3, 0.4) is 0 Å². The Hall–Kier alpha value is -0.990. The van der Waals surface area contributed by atoms with E-state index in [-0.39, 0.29) is 4.90 Å². The second kappa shape index (κ2) is 6.85. The lowest BCUT2D eigenvalue weighted by Crippen LogP contribution is -2.26. The molecule has 1 aromatic rings. The van der Waals surface area contributed by atoms with Gasteiger partial charge in [0.1, 0.15) is 0 Å². The van der Waals surface area contributed by atoms with Gasteiger partial charge in [0.2, 0.25) is 10.0 Å². The maximum atomic E-state index is 12.2. The first-order valence-corrected chi connectivity index (χ1v) is 9.11. The van der Waals surface area contributed by atoms with Crippen LogP contribution in [-0.2, 0) is 10.0 Å². The maximum Gasteiger partial charge on any atom is 0.289 e. The summed E-state index contributed by atoms with van der Waals surface area (Å²) in [5.41, 5.74) is -0.411. The number of nitrogens with one attached hydrogen (secondary N) is 1. The van der Waals surface area contributed by atoms with Crippen LogP contribution in [0.1, 0.15) is 32.1 Å². The van der Waals surface area contributed by atoms with Crippen LogP contribution in [0.15, 0.2) is 27.6 Å². The normalized spacial score (nSPS) is 16.2. The molecule has 2 rings (SSSR count). The molecule has 1 aliphatic carbocycles. The Morgan fingerprint density at radius 3 is 2.62 bits per heavy atom. The number of sulfonamides is 1.